The first kappa shape index (κ1) is 21.1. The average Bonchev–Trinajstić information content (AvgIpc) is 3.39. The molecule has 0 saturated heterocycles. The lowest BCUT2D eigenvalue weighted by Gasteiger charge is -2.30. The zero-order chi connectivity index (χ0) is 21.0. The number of nitrogens with zero attached hydrogens (tertiary/aromatic N) is 1. The van der Waals surface area contributed by atoms with E-state index in [0.717, 1.165) is 42.7 Å². The minimum absolute atomic E-state index is 0.0408. The number of halogens is 3. The van der Waals surface area contributed by atoms with Crippen LogP contribution in [-0.2, 0) is 15.8 Å². The number of carbonyl (C=O) groups excluding carboxylic acids is 2. The fourth-order valence-electron chi connectivity index (χ4n) is 3.77. The van der Waals surface area contributed by atoms with Gasteiger partial charge in [-0.3, -0.25) is 14.5 Å². The average molecular weight is 419 g/mol. The molecule has 0 spiro atoms. The number of hydrogen-bond donors (Lipinski definition) is 0. The number of rotatable bonds is 6. The monoisotopic (exact) mass is 419 g/mol. The van der Waals surface area contributed by atoms with Gasteiger partial charge in [-0.1, -0.05) is 37.8 Å². The fraction of sp³-hybridized carbons (Fsp3) is 0.364. The molecule has 1 aromatic carbocycles. The first-order valence-corrected chi connectivity index (χ1v) is 10.2. The van der Waals surface area contributed by atoms with Crippen LogP contribution in [0.25, 0.3) is 0 Å². The fourth-order valence-corrected chi connectivity index (χ4v) is 4.61. The second-order valence-corrected chi connectivity index (χ2v) is 8.09. The van der Waals surface area contributed by atoms with Crippen LogP contribution in [0, 0.1) is 18.3 Å². The summed E-state index contributed by atoms with van der Waals surface area (Å²) in [7, 11) is 0. The van der Waals surface area contributed by atoms with Gasteiger partial charge in [-0.25, -0.2) is 0 Å². The maximum Gasteiger partial charge on any atom is 0.416 e. The molecule has 152 valence electrons. The molecule has 7 heteroatoms. The first-order valence-electron chi connectivity index (χ1n) is 9.34. The molecule has 1 fully saturated rings. The van der Waals surface area contributed by atoms with Gasteiger partial charge in [0.2, 0.25) is 0 Å². The molecule has 1 saturated carbocycles. The zero-order valence-corrected chi connectivity index (χ0v) is 16.4. The standard InChI is InChI=1S/C22H20F3NO2S/c1-2-20(28)26(17-10-5-9-16(14-17)22(23,24)25)21(19-11-6-12-29-19)18(27)13-15-7-3-4-8-15/h1,5-6,9-12,14-15,21H,3-4,7-8,13H2. The van der Waals surface area contributed by atoms with Gasteiger partial charge in [0.15, 0.2) is 5.78 Å². The lowest BCUT2D eigenvalue weighted by Crippen LogP contribution is -2.38. The van der Waals surface area contributed by atoms with Gasteiger partial charge in [-0.2, -0.15) is 13.2 Å². The molecule has 2 aromatic rings. The van der Waals surface area contributed by atoms with E-state index in [1.54, 1.807) is 17.5 Å². The number of hydrogen-bond acceptors (Lipinski definition) is 3. The van der Waals surface area contributed by atoms with Crippen molar-refractivity contribution in [3.8, 4) is 12.3 Å². The van der Waals surface area contributed by atoms with Crippen LogP contribution >= 0.6 is 11.3 Å². The van der Waals surface area contributed by atoms with Crippen molar-refractivity contribution in [3.05, 3.63) is 52.2 Å². The van der Waals surface area contributed by atoms with E-state index in [9.17, 15) is 22.8 Å². The summed E-state index contributed by atoms with van der Waals surface area (Å²) in [6.45, 7) is 0. The second kappa shape index (κ2) is 8.83. The van der Waals surface area contributed by atoms with Crippen molar-refractivity contribution in [1.82, 2.24) is 0 Å². The molecule has 1 aliphatic rings. The minimum Gasteiger partial charge on any atom is -0.297 e. The topological polar surface area (TPSA) is 37.4 Å². The minimum atomic E-state index is -4.58. The number of alkyl halides is 3. The summed E-state index contributed by atoms with van der Waals surface area (Å²) in [6.07, 6.45) is 5.01. The van der Waals surface area contributed by atoms with E-state index in [2.05, 4.69) is 0 Å². The van der Waals surface area contributed by atoms with Gasteiger partial charge in [0, 0.05) is 17.0 Å². The normalized spacial score (nSPS) is 15.7. The van der Waals surface area contributed by atoms with E-state index in [1.165, 1.54) is 23.5 Å². The molecule has 1 atom stereocenters. The van der Waals surface area contributed by atoms with Crippen LogP contribution in [0.3, 0.4) is 0 Å². The molecular formula is C22H20F3NO2S. The summed E-state index contributed by atoms with van der Waals surface area (Å²) in [6, 6.07) is 6.76. The van der Waals surface area contributed by atoms with Crippen molar-refractivity contribution in [3.63, 3.8) is 0 Å². The lowest BCUT2D eigenvalue weighted by molar-refractivity contribution is -0.137. The Kier molecular flexibility index (Phi) is 6.43. The zero-order valence-electron chi connectivity index (χ0n) is 15.6. The molecule has 1 unspecified atom stereocenters. The van der Waals surface area contributed by atoms with Crippen LogP contribution in [-0.4, -0.2) is 11.7 Å². The number of thiophene rings is 1. The Morgan fingerprint density at radius 1 is 1.21 bits per heavy atom. The van der Waals surface area contributed by atoms with Gasteiger partial charge < -0.3 is 0 Å². The lowest BCUT2D eigenvalue weighted by atomic mass is 9.95. The van der Waals surface area contributed by atoms with Crippen LogP contribution in [0.5, 0.6) is 0 Å². The third-order valence-corrected chi connectivity index (χ3v) is 6.06. The number of anilines is 1. The quantitative estimate of drug-likeness (QED) is 0.570. The maximum absolute atomic E-state index is 13.2. The van der Waals surface area contributed by atoms with Crippen molar-refractivity contribution >= 4 is 28.7 Å². The third kappa shape index (κ3) is 4.88. The number of amides is 1. The largest absolute Gasteiger partial charge is 0.416 e. The van der Waals surface area contributed by atoms with Gasteiger partial charge in [0.05, 0.1) is 5.56 Å². The van der Waals surface area contributed by atoms with Crippen molar-refractivity contribution in [2.75, 3.05) is 4.90 Å². The van der Waals surface area contributed by atoms with E-state index in [0.29, 0.717) is 4.88 Å². The van der Waals surface area contributed by atoms with Crippen molar-refractivity contribution in [2.24, 2.45) is 5.92 Å². The molecule has 0 N–H and O–H groups in total. The second-order valence-electron chi connectivity index (χ2n) is 7.11. The summed E-state index contributed by atoms with van der Waals surface area (Å²) in [5.41, 5.74) is -0.945. The Morgan fingerprint density at radius 3 is 2.52 bits per heavy atom. The summed E-state index contributed by atoms with van der Waals surface area (Å²) < 4.78 is 39.6. The van der Waals surface area contributed by atoms with Gasteiger partial charge in [0.25, 0.3) is 0 Å². The number of Topliss-reactive ketones (excluding diaryl/α,β-unsaturated/α-hetero) is 1. The van der Waals surface area contributed by atoms with Crippen molar-refractivity contribution in [2.45, 2.75) is 44.3 Å². The molecule has 3 nitrogen and oxygen atoms in total. The number of ketones is 1. The van der Waals surface area contributed by atoms with Gasteiger partial charge in [0.1, 0.15) is 6.04 Å². The Hall–Kier alpha value is -2.59. The van der Waals surface area contributed by atoms with E-state index in [-0.39, 0.29) is 23.8 Å². The Bertz CT molecular complexity index is 909. The maximum atomic E-state index is 13.2. The van der Waals surface area contributed by atoms with Gasteiger partial charge in [-0.05, 0) is 41.5 Å². The van der Waals surface area contributed by atoms with Crippen molar-refractivity contribution in [1.29, 1.82) is 0 Å². The molecule has 0 aliphatic heterocycles. The predicted molar refractivity (Wildman–Crippen MR) is 106 cm³/mol. The first-order chi connectivity index (χ1) is 13.8. The Balaban J connectivity index is 2.04. The van der Waals surface area contributed by atoms with E-state index >= 15 is 0 Å². The molecule has 1 aromatic heterocycles. The van der Waals surface area contributed by atoms with Crippen LogP contribution < -0.4 is 4.90 Å². The summed E-state index contributed by atoms with van der Waals surface area (Å²) >= 11 is 1.27. The van der Waals surface area contributed by atoms with Crippen LogP contribution in [0.2, 0.25) is 0 Å². The van der Waals surface area contributed by atoms with E-state index < -0.39 is 23.7 Å². The highest BCUT2D eigenvalue weighted by atomic mass is 32.1. The molecule has 0 radical (unpaired) electrons. The van der Waals surface area contributed by atoms with Gasteiger partial charge >= 0.3 is 12.1 Å². The third-order valence-electron chi connectivity index (χ3n) is 5.13. The highest BCUT2D eigenvalue weighted by Gasteiger charge is 2.36. The van der Waals surface area contributed by atoms with Crippen LogP contribution in [0.1, 0.15) is 48.6 Å². The summed E-state index contributed by atoms with van der Waals surface area (Å²) in [5.74, 6) is 1.15. The smallest absolute Gasteiger partial charge is 0.297 e. The molecule has 0 bridgehead atoms. The number of terminal acetylenes is 1. The highest BCUT2D eigenvalue weighted by Crippen LogP contribution is 2.38. The Labute approximate surface area is 171 Å². The highest BCUT2D eigenvalue weighted by molar-refractivity contribution is 7.10. The SMILES string of the molecule is C#CC(=O)N(c1cccc(C(F)(F)F)c1)C(C(=O)CC1CCCC1)c1cccs1. The summed E-state index contributed by atoms with van der Waals surface area (Å²) in [5, 5.41) is 1.76. The predicted octanol–water partition coefficient (Wildman–Crippen LogP) is 5.62. The van der Waals surface area contributed by atoms with Crippen LogP contribution in [0.4, 0.5) is 18.9 Å². The number of benzene rings is 1. The van der Waals surface area contributed by atoms with Gasteiger partial charge in [-0.15, -0.1) is 17.8 Å². The summed E-state index contributed by atoms with van der Waals surface area (Å²) in [4.78, 5) is 27.5. The Morgan fingerprint density at radius 2 is 1.93 bits per heavy atom. The van der Waals surface area contributed by atoms with E-state index in [1.807, 2.05) is 5.92 Å². The molecule has 3 rings (SSSR count). The molecule has 1 amide bonds. The molecule has 29 heavy (non-hydrogen) atoms. The molecular weight excluding hydrogens is 399 g/mol. The number of carbonyl (C=O) groups is 2. The van der Waals surface area contributed by atoms with Crippen molar-refractivity contribution < 1.29 is 22.8 Å². The van der Waals surface area contributed by atoms with E-state index in [4.69, 9.17) is 6.42 Å². The molecule has 1 heterocycles. The van der Waals surface area contributed by atoms with Crippen LogP contribution in [0.15, 0.2) is 41.8 Å². The molecule has 1 aliphatic carbocycles.